The number of fused-ring (bicyclic) bond motifs is 1. The molecule has 0 aliphatic carbocycles. The molecule has 1 aromatic carbocycles. The fourth-order valence-corrected chi connectivity index (χ4v) is 1.98. The molecule has 0 aliphatic heterocycles. The molecule has 3 rings (SSSR count). The Bertz CT molecular complexity index is 841. The van der Waals surface area contributed by atoms with Crippen LogP contribution in [-0.4, -0.2) is 30.7 Å². The number of nitrogens with zero attached hydrogens (tertiary/aromatic N) is 4. The van der Waals surface area contributed by atoms with Crippen molar-refractivity contribution in [2.45, 2.75) is 13.8 Å². The average Bonchev–Trinajstić information content (AvgIpc) is 2.88. The van der Waals surface area contributed by atoms with Crippen LogP contribution < -0.4 is 4.74 Å². The summed E-state index contributed by atoms with van der Waals surface area (Å²) >= 11 is 0. The highest BCUT2D eigenvalue weighted by Crippen LogP contribution is 2.26. The number of aromatic nitrogens is 4. The lowest BCUT2D eigenvalue weighted by Crippen LogP contribution is -2.04. The second-order valence-electron chi connectivity index (χ2n) is 4.61. The van der Waals surface area contributed by atoms with Crippen molar-refractivity contribution in [3.63, 3.8) is 0 Å². The van der Waals surface area contributed by atoms with Crippen LogP contribution >= 0.6 is 0 Å². The molecule has 1 N–H and O–H groups in total. The summed E-state index contributed by atoms with van der Waals surface area (Å²) in [4.78, 5) is 19.5. The molecule has 3 aromatic rings. The van der Waals surface area contributed by atoms with Gasteiger partial charge in [-0.05, 0) is 26.0 Å². The molecule has 7 nitrogen and oxygen atoms in total. The van der Waals surface area contributed by atoms with Gasteiger partial charge in [0.2, 0.25) is 5.88 Å². The van der Waals surface area contributed by atoms with Crippen LogP contribution in [0.4, 0.5) is 0 Å². The van der Waals surface area contributed by atoms with E-state index < -0.39 is 5.97 Å². The lowest BCUT2D eigenvalue weighted by atomic mass is 10.1. The van der Waals surface area contributed by atoms with Gasteiger partial charge in [-0.25, -0.2) is 9.78 Å². The highest BCUT2D eigenvalue weighted by Gasteiger charge is 2.15. The lowest BCUT2D eigenvalue weighted by Gasteiger charge is -2.10. The summed E-state index contributed by atoms with van der Waals surface area (Å²) in [6, 6.07) is 6.64. The van der Waals surface area contributed by atoms with Gasteiger partial charge >= 0.3 is 5.97 Å². The molecule has 0 radical (unpaired) electrons. The first-order chi connectivity index (χ1) is 10.0. The molecule has 0 fully saturated rings. The maximum absolute atomic E-state index is 11.3. The molecule has 0 saturated heterocycles. The molecule has 7 heteroatoms. The van der Waals surface area contributed by atoms with Crippen molar-refractivity contribution >= 4 is 11.7 Å². The Hall–Kier alpha value is -2.96. The Balaban J connectivity index is 2.10. The second-order valence-corrected chi connectivity index (χ2v) is 4.61. The third-order valence-corrected chi connectivity index (χ3v) is 2.93. The summed E-state index contributed by atoms with van der Waals surface area (Å²) in [5.41, 5.74) is 1.64. The summed E-state index contributed by atoms with van der Waals surface area (Å²) in [5, 5.41) is 13.3. The zero-order valence-corrected chi connectivity index (χ0v) is 11.4. The smallest absolute Gasteiger partial charge is 0.339 e. The Labute approximate surface area is 119 Å². The SMILES string of the molecule is Cc1ccc(Oc2cc(C)nc3ncnn23)c(C(=O)O)c1. The standard InChI is InChI=1S/C14H12N4O3/c1-8-3-4-11(10(5-8)13(19)20)21-12-6-9(2)17-14-15-7-16-18(12)14/h3-7H,1-2H3,(H,19,20). The van der Waals surface area contributed by atoms with Crippen LogP contribution in [0.5, 0.6) is 11.6 Å². The fourth-order valence-electron chi connectivity index (χ4n) is 1.98. The van der Waals surface area contributed by atoms with E-state index in [2.05, 4.69) is 15.1 Å². The topological polar surface area (TPSA) is 89.6 Å². The normalized spacial score (nSPS) is 10.8. The zero-order chi connectivity index (χ0) is 15.0. The molecule has 0 saturated carbocycles. The van der Waals surface area contributed by atoms with Crippen molar-refractivity contribution in [1.82, 2.24) is 19.6 Å². The van der Waals surface area contributed by atoms with E-state index >= 15 is 0 Å². The number of hydrogen-bond donors (Lipinski definition) is 1. The summed E-state index contributed by atoms with van der Waals surface area (Å²) in [6.07, 6.45) is 1.36. The summed E-state index contributed by atoms with van der Waals surface area (Å²) < 4.78 is 7.13. The first kappa shape index (κ1) is 13.0. The molecule has 0 aliphatic rings. The van der Waals surface area contributed by atoms with E-state index in [1.54, 1.807) is 31.2 Å². The molecule has 106 valence electrons. The van der Waals surface area contributed by atoms with Gasteiger partial charge in [-0.2, -0.15) is 14.6 Å². The number of carboxylic acids is 1. The van der Waals surface area contributed by atoms with Crippen molar-refractivity contribution in [1.29, 1.82) is 0 Å². The molecule has 0 atom stereocenters. The van der Waals surface area contributed by atoms with E-state index in [-0.39, 0.29) is 11.3 Å². The summed E-state index contributed by atoms with van der Waals surface area (Å²) in [7, 11) is 0. The van der Waals surface area contributed by atoms with E-state index in [9.17, 15) is 9.90 Å². The predicted octanol–water partition coefficient (Wildman–Crippen LogP) is 2.23. The fraction of sp³-hybridized carbons (Fsp3) is 0.143. The van der Waals surface area contributed by atoms with Gasteiger partial charge in [0.15, 0.2) is 0 Å². The van der Waals surface area contributed by atoms with Crippen molar-refractivity contribution in [2.75, 3.05) is 0 Å². The van der Waals surface area contributed by atoms with Crippen LogP contribution in [0.25, 0.3) is 5.78 Å². The minimum atomic E-state index is -1.05. The van der Waals surface area contributed by atoms with Crippen molar-refractivity contribution < 1.29 is 14.6 Å². The van der Waals surface area contributed by atoms with Crippen LogP contribution in [0.3, 0.4) is 0 Å². The third kappa shape index (κ3) is 2.40. The van der Waals surface area contributed by atoms with E-state index in [0.717, 1.165) is 5.56 Å². The molecule has 21 heavy (non-hydrogen) atoms. The second kappa shape index (κ2) is 4.86. The quantitative estimate of drug-likeness (QED) is 0.793. The van der Waals surface area contributed by atoms with Gasteiger partial charge in [-0.3, -0.25) is 0 Å². The van der Waals surface area contributed by atoms with Gasteiger partial charge in [0.1, 0.15) is 17.6 Å². The summed E-state index contributed by atoms with van der Waals surface area (Å²) in [6.45, 7) is 3.62. The number of benzene rings is 1. The number of ether oxygens (including phenoxy) is 1. The van der Waals surface area contributed by atoms with Crippen molar-refractivity contribution in [3.8, 4) is 11.6 Å². The zero-order valence-electron chi connectivity index (χ0n) is 11.4. The van der Waals surface area contributed by atoms with Crippen LogP contribution in [0.2, 0.25) is 0 Å². The van der Waals surface area contributed by atoms with Gasteiger partial charge < -0.3 is 9.84 Å². The minimum Gasteiger partial charge on any atom is -0.478 e. The van der Waals surface area contributed by atoms with E-state index in [1.165, 1.54) is 10.8 Å². The lowest BCUT2D eigenvalue weighted by molar-refractivity contribution is 0.0694. The molecule has 0 amide bonds. The largest absolute Gasteiger partial charge is 0.478 e. The number of carboxylic acid groups (broad SMARTS) is 1. The van der Waals surface area contributed by atoms with Gasteiger partial charge in [0, 0.05) is 11.8 Å². The molecule has 2 heterocycles. The highest BCUT2D eigenvalue weighted by molar-refractivity contribution is 5.91. The molecule has 0 unspecified atom stereocenters. The van der Waals surface area contributed by atoms with Crippen molar-refractivity contribution in [2.24, 2.45) is 0 Å². The van der Waals surface area contributed by atoms with Crippen molar-refractivity contribution in [3.05, 3.63) is 47.4 Å². The number of aryl methyl sites for hydroxylation is 2. The molecule has 0 spiro atoms. The summed E-state index contributed by atoms with van der Waals surface area (Å²) in [5.74, 6) is -0.0415. The van der Waals surface area contributed by atoms with E-state index in [0.29, 0.717) is 17.4 Å². The van der Waals surface area contributed by atoms with Crippen LogP contribution in [0.1, 0.15) is 21.6 Å². The average molecular weight is 284 g/mol. The molecule has 0 bridgehead atoms. The Morgan fingerprint density at radius 2 is 2.10 bits per heavy atom. The van der Waals surface area contributed by atoms with E-state index in [1.807, 2.05) is 6.92 Å². The highest BCUT2D eigenvalue weighted by atomic mass is 16.5. The number of hydrogen-bond acceptors (Lipinski definition) is 5. The van der Waals surface area contributed by atoms with Crippen LogP contribution in [0, 0.1) is 13.8 Å². The van der Waals surface area contributed by atoms with Crippen LogP contribution in [-0.2, 0) is 0 Å². The monoisotopic (exact) mass is 284 g/mol. The number of rotatable bonds is 3. The first-order valence-corrected chi connectivity index (χ1v) is 6.24. The first-order valence-electron chi connectivity index (χ1n) is 6.24. The maximum atomic E-state index is 11.3. The Kier molecular flexibility index (Phi) is 3.02. The Morgan fingerprint density at radius 1 is 1.29 bits per heavy atom. The van der Waals surface area contributed by atoms with Gasteiger partial charge in [0.05, 0.1) is 0 Å². The van der Waals surface area contributed by atoms with Gasteiger partial charge in [-0.15, -0.1) is 0 Å². The molecular weight excluding hydrogens is 272 g/mol. The number of carbonyl (C=O) groups is 1. The Morgan fingerprint density at radius 3 is 2.86 bits per heavy atom. The molecular formula is C14H12N4O3. The third-order valence-electron chi connectivity index (χ3n) is 2.93. The minimum absolute atomic E-state index is 0.0951. The van der Waals surface area contributed by atoms with E-state index in [4.69, 9.17) is 4.74 Å². The number of aromatic carboxylic acids is 1. The maximum Gasteiger partial charge on any atom is 0.339 e. The predicted molar refractivity (Wildman–Crippen MR) is 73.7 cm³/mol. The van der Waals surface area contributed by atoms with Gasteiger partial charge in [0.25, 0.3) is 5.78 Å². The molecule has 2 aromatic heterocycles. The van der Waals surface area contributed by atoms with Gasteiger partial charge in [-0.1, -0.05) is 11.6 Å². The van der Waals surface area contributed by atoms with Crippen LogP contribution in [0.15, 0.2) is 30.6 Å².